The van der Waals surface area contributed by atoms with Crippen molar-refractivity contribution in [1.29, 1.82) is 0 Å². The number of nitrogens with zero attached hydrogens (tertiary/aromatic N) is 3. The summed E-state index contributed by atoms with van der Waals surface area (Å²) in [7, 11) is -0.494. The van der Waals surface area contributed by atoms with Crippen LogP contribution < -0.4 is 9.80 Å². The van der Waals surface area contributed by atoms with Crippen molar-refractivity contribution in [2.24, 2.45) is 0 Å². The van der Waals surface area contributed by atoms with Gasteiger partial charge in [-0.1, -0.05) is 47.4 Å². The van der Waals surface area contributed by atoms with Crippen molar-refractivity contribution in [3.63, 3.8) is 0 Å². The number of hydrogen-bond acceptors (Lipinski definition) is 5. The molecule has 4 rings (SSSR count). The second-order valence-electron chi connectivity index (χ2n) is 11.3. The van der Waals surface area contributed by atoms with Crippen LogP contribution in [0.4, 0.5) is 11.4 Å². The van der Waals surface area contributed by atoms with Crippen LogP contribution in [0.2, 0.25) is 0 Å². The molecule has 0 N–H and O–H groups in total. The second kappa shape index (κ2) is 15.9. The first-order valence-electron chi connectivity index (χ1n) is 13.8. The molecule has 0 saturated carbocycles. The van der Waals surface area contributed by atoms with Gasteiger partial charge in [-0.05, 0) is 82.5 Å². The average molecular weight is 737 g/mol. The predicted molar refractivity (Wildman–Crippen MR) is 183 cm³/mol. The Morgan fingerprint density at radius 3 is 1.58 bits per heavy atom. The van der Waals surface area contributed by atoms with Crippen molar-refractivity contribution in [3.8, 4) is 0 Å². The third-order valence-corrected chi connectivity index (χ3v) is 9.18. The number of hydrogen-bond donors (Lipinski definition) is 0. The molecule has 2 aliphatic rings. The Kier molecular flexibility index (Phi) is 14.4. The molecule has 239 valence electrons. The van der Waals surface area contributed by atoms with Gasteiger partial charge >= 0.3 is 23.0 Å². The third-order valence-electron chi connectivity index (χ3n) is 7.29. The number of benzene rings is 2. The molecule has 1 fully saturated rings. The van der Waals surface area contributed by atoms with E-state index in [0.717, 1.165) is 35.9 Å². The average Bonchev–Trinajstić information content (AvgIpc) is 3.27. The van der Waals surface area contributed by atoms with Crippen molar-refractivity contribution in [2.45, 2.75) is 67.9 Å². The Bertz CT molecular complexity index is 1420. The normalized spacial score (nSPS) is 15.0. The Hall–Kier alpha value is -1.96. The molecule has 1 heterocycles. The summed E-state index contributed by atoms with van der Waals surface area (Å²) in [5.41, 5.74) is 10.4. The molecule has 6 nitrogen and oxygen atoms in total. The molecule has 0 atom stereocenters. The van der Waals surface area contributed by atoms with Gasteiger partial charge in [0.05, 0.1) is 11.9 Å². The van der Waals surface area contributed by atoms with Gasteiger partial charge in [-0.3, -0.25) is 0 Å². The van der Waals surface area contributed by atoms with E-state index in [0.29, 0.717) is 10.7 Å². The van der Waals surface area contributed by atoms with Crippen LogP contribution in [0.5, 0.6) is 0 Å². The minimum absolute atomic E-state index is 0. The first-order chi connectivity index (χ1) is 19.2. The Balaban J connectivity index is 0.00000226. The van der Waals surface area contributed by atoms with Gasteiger partial charge in [-0.25, -0.2) is 12.7 Å². The van der Waals surface area contributed by atoms with Crippen molar-refractivity contribution >= 4 is 51.3 Å². The van der Waals surface area contributed by atoms with E-state index >= 15 is 0 Å². The van der Waals surface area contributed by atoms with E-state index in [2.05, 4.69) is 105 Å². The maximum absolute atomic E-state index is 13.3. The summed E-state index contributed by atoms with van der Waals surface area (Å²) in [6.07, 6.45) is 4.94. The maximum atomic E-state index is 13.3. The summed E-state index contributed by atoms with van der Waals surface area (Å²) >= 11 is 2.10. The van der Waals surface area contributed by atoms with Crippen LogP contribution in [0.3, 0.4) is 0 Å². The number of aryl methyl sites for hydroxylation is 6. The SMILES string of the molecule is Cc1cc(C)c(N2CCN(c3c(C)cc(C)cc3C)C2=C2CC(S(=O)(=O)N(C)C)=C[C-]=C2OC(C)C)c(C)c1.Cl.Cl.[CH2]=[Ru+]. The number of allylic oxidation sites excluding steroid dienone is 4. The summed E-state index contributed by atoms with van der Waals surface area (Å²) < 4.78 is 34.1. The zero-order valence-corrected chi connectivity index (χ0v) is 31.1. The molecule has 0 radical (unpaired) electrons. The molecule has 1 saturated heterocycles. The van der Waals surface area contributed by atoms with Gasteiger partial charge in [0.15, 0.2) is 10.0 Å². The van der Waals surface area contributed by atoms with Crippen LogP contribution in [-0.4, -0.2) is 51.1 Å². The summed E-state index contributed by atoms with van der Waals surface area (Å²) in [5.74, 6) is 1.56. The first-order valence-corrected chi connectivity index (χ1v) is 16.5. The molecule has 2 aromatic rings. The molecular weight excluding hydrogens is 690 g/mol. The molecule has 0 unspecified atom stereocenters. The van der Waals surface area contributed by atoms with Gasteiger partial charge in [-0.2, -0.15) is 6.08 Å². The molecule has 0 spiro atoms. The van der Waals surface area contributed by atoms with Crippen LogP contribution in [-0.2, 0) is 32.6 Å². The van der Waals surface area contributed by atoms with Crippen molar-refractivity contribution < 1.29 is 31.0 Å². The first kappa shape index (κ1) is 39.1. The van der Waals surface area contributed by atoms with Gasteiger partial charge in [0.2, 0.25) is 0 Å². The topological polar surface area (TPSA) is 53.1 Å². The van der Waals surface area contributed by atoms with E-state index < -0.39 is 10.0 Å². The van der Waals surface area contributed by atoms with Gasteiger partial charge in [-0.15, -0.1) is 30.9 Å². The predicted octanol–water partition coefficient (Wildman–Crippen LogP) is 7.18. The van der Waals surface area contributed by atoms with E-state index in [1.54, 1.807) is 20.2 Å². The van der Waals surface area contributed by atoms with Gasteiger partial charge < -0.3 is 14.5 Å². The summed E-state index contributed by atoms with van der Waals surface area (Å²) in [5, 5.41) is 3.18. The number of rotatable bonds is 6. The number of ether oxygens (including phenoxy) is 1. The molecular formula is C33H46Cl2N3O3RuS. The van der Waals surface area contributed by atoms with Crippen LogP contribution in [0.1, 0.15) is 53.6 Å². The number of anilines is 2. The standard InChI is InChI=1S/C32H42N3O3S.CH2.2ClH.Ru/c1-20(2)38-29-12-11-27(39(36,37)33(9)10)19-28(29)32-34(30-23(5)15-21(3)16-24(30)6)13-14-35(32)31-25(7)17-22(4)18-26(31)8;;;;/h11,15-18,20H,13-14,19H2,1-10H3;1H2;2*1H;/q-1;;;;+1. The van der Waals surface area contributed by atoms with Gasteiger partial charge in [0.25, 0.3) is 0 Å². The second-order valence-corrected chi connectivity index (χ2v) is 13.5. The Morgan fingerprint density at radius 1 is 0.837 bits per heavy atom. The molecule has 0 aromatic heterocycles. The third kappa shape index (κ3) is 8.21. The van der Waals surface area contributed by atoms with Gasteiger partial charge in [0.1, 0.15) is 0 Å². The van der Waals surface area contributed by atoms with E-state index in [-0.39, 0.29) is 37.3 Å². The zero-order chi connectivity index (χ0) is 30.8. The van der Waals surface area contributed by atoms with E-state index in [1.807, 2.05) is 13.8 Å². The fraction of sp³-hybridized carbons (Fsp3) is 0.424. The van der Waals surface area contributed by atoms with E-state index in [1.165, 1.54) is 37.7 Å². The fourth-order valence-corrected chi connectivity index (χ4v) is 6.98. The Morgan fingerprint density at radius 2 is 1.23 bits per heavy atom. The minimum atomic E-state index is -3.63. The quantitative estimate of drug-likeness (QED) is 0.233. The summed E-state index contributed by atoms with van der Waals surface area (Å²) in [4.78, 5) is 5.02. The molecule has 0 bridgehead atoms. The summed E-state index contributed by atoms with van der Waals surface area (Å²) in [6.45, 7) is 18.4. The van der Waals surface area contributed by atoms with E-state index in [9.17, 15) is 8.42 Å². The molecule has 0 amide bonds. The molecule has 43 heavy (non-hydrogen) atoms. The summed E-state index contributed by atoms with van der Waals surface area (Å²) in [6, 6.07) is 8.86. The zero-order valence-electron chi connectivity index (χ0n) is 26.9. The van der Waals surface area contributed by atoms with Gasteiger partial charge in [0, 0.05) is 44.3 Å². The number of sulfonamides is 1. The number of halogens is 2. The molecule has 1 aliphatic heterocycles. The van der Waals surface area contributed by atoms with Crippen LogP contribution in [0.25, 0.3) is 0 Å². The molecule has 1 aliphatic carbocycles. The van der Waals surface area contributed by atoms with Crippen LogP contribution in [0, 0.1) is 47.6 Å². The molecule has 2 aromatic carbocycles. The molecule has 10 heteroatoms. The van der Waals surface area contributed by atoms with Crippen molar-refractivity contribution in [2.75, 3.05) is 37.0 Å². The monoisotopic (exact) mass is 736 g/mol. The van der Waals surface area contributed by atoms with Crippen molar-refractivity contribution in [1.82, 2.24) is 4.31 Å². The van der Waals surface area contributed by atoms with E-state index in [4.69, 9.17) is 4.74 Å². The van der Waals surface area contributed by atoms with Crippen LogP contribution >= 0.6 is 24.8 Å². The fourth-order valence-electron chi connectivity index (χ4n) is 5.98. The Labute approximate surface area is 281 Å². The van der Waals surface area contributed by atoms with Crippen LogP contribution in [0.15, 0.2) is 52.4 Å². The van der Waals surface area contributed by atoms with Crippen molar-refractivity contribution in [3.05, 3.63) is 91.9 Å².